The van der Waals surface area contributed by atoms with Crippen LogP contribution < -0.4 is 0 Å². The molecule has 0 fully saturated rings. The highest BCUT2D eigenvalue weighted by Gasteiger charge is 2.09. The molecule has 0 amide bonds. The summed E-state index contributed by atoms with van der Waals surface area (Å²) in [6.07, 6.45) is 3.61. The zero-order valence-electron chi connectivity index (χ0n) is 16.3. The first kappa shape index (κ1) is 18.0. The maximum atomic E-state index is 4.29. The van der Waals surface area contributed by atoms with Crippen LogP contribution in [-0.4, -0.2) is 30.0 Å². The van der Waals surface area contributed by atoms with Crippen LogP contribution in [0.5, 0.6) is 0 Å². The van der Waals surface area contributed by atoms with Crippen LogP contribution in [0, 0.1) is 0 Å². The van der Waals surface area contributed by atoms with Crippen molar-refractivity contribution in [2.24, 2.45) is 0 Å². The molecule has 2 aromatic heterocycles. The summed E-state index contributed by atoms with van der Waals surface area (Å²) in [4.78, 5) is 0. The molecule has 0 aliphatic carbocycles. The van der Waals surface area contributed by atoms with E-state index < -0.39 is 0 Å². The molecule has 2 heterocycles. The number of hydrogen-bond acceptors (Lipinski definition) is 4. The van der Waals surface area contributed by atoms with E-state index in [-0.39, 0.29) is 0 Å². The first-order valence-electron chi connectivity index (χ1n) is 9.82. The van der Waals surface area contributed by atoms with Crippen molar-refractivity contribution in [3.63, 3.8) is 0 Å². The van der Waals surface area contributed by atoms with Crippen LogP contribution in [0.4, 0.5) is 0 Å². The molecule has 6 heteroatoms. The number of hydrogen-bond donors (Lipinski definition) is 0. The summed E-state index contributed by atoms with van der Waals surface area (Å²) in [6.45, 7) is 1.31. The van der Waals surface area contributed by atoms with Gasteiger partial charge in [-0.1, -0.05) is 95.4 Å². The van der Waals surface area contributed by atoms with Gasteiger partial charge in [-0.25, -0.2) is 9.36 Å². The second kappa shape index (κ2) is 8.13. The Hall–Kier alpha value is -4.06. The first-order valence-corrected chi connectivity index (χ1v) is 9.82. The smallest absolute Gasteiger partial charge is 0.0889 e. The average molecular weight is 392 g/mol. The summed E-state index contributed by atoms with van der Waals surface area (Å²) in [7, 11) is 0. The summed E-state index contributed by atoms with van der Waals surface area (Å²) < 4.78 is 3.86. The molecule has 6 nitrogen and oxygen atoms in total. The largest absolute Gasteiger partial charge is 0.240 e. The number of aromatic nitrogens is 6. The van der Waals surface area contributed by atoms with E-state index in [4.69, 9.17) is 0 Å². The van der Waals surface area contributed by atoms with Gasteiger partial charge in [-0.05, 0) is 11.1 Å². The zero-order chi connectivity index (χ0) is 20.2. The minimum atomic E-state index is 0.654. The normalized spacial score (nSPS) is 10.9. The molecule has 146 valence electrons. The molecule has 0 aliphatic heterocycles. The number of benzene rings is 3. The summed E-state index contributed by atoms with van der Waals surface area (Å²) in [6, 6.07) is 28.9. The lowest BCUT2D eigenvalue weighted by Gasteiger charge is -2.10. The minimum Gasteiger partial charge on any atom is -0.240 e. The Kier molecular flexibility index (Phi) is 4.88. The summed E-state index contributed by atoms with van der Waals surface area (Å²) in [5.41, 5.74) is 6.54. The minimum absolute atomic E-state index is 0.654. The van der Waals surface area contributed by atoms with Crippen molar-refractivity contribution >= 4 is 0 Å². The van der Waals surface area contributed by atoms with E-state index in [0.717, 1.165) is 33.6 Å². The van der Waals surface area contributed by atoms with Gasteiger partial charge in [0.15, 0.2) is 0 Å². The van der Waals surface area contributed by atoms with Gasteiger partial charge in [0.25, 0.3) is 0 Å². The van der Waals surface area contributed by atoms with E-state index in [9.17, 15) is 0 Å². The molecule has 0 N–H and O–H groups in total. The molecule has 3 aromatic carbocycles. The van der Waals surface area contributed by atoms with Crippen LogP contribution in [0.25, 0.3) is 22.5 Å². The van der Waals surface area contributed by atoms with Crippen LogP contribution >= 0.6 is 0 Å². The van der Waals surface area contributed by atoms with Crippen LogP contribution in [0.15, 0.2) is 97.3 Å². The third kappa shape index (κ3) is 3.75. The van der Waals surface area contributed by atoms with Crippen LogP contribution in [0.2, 0.25) is 0 Å². The monoisotopic (exact) mass is 392 g/mol. The topological polar surface area (TPSA) is 61.4 Å². The average Bonchev–Trinajstić information content (AvgIpc) is 3.45. The van der Waals surface area contributed by atoms with E-state index in [1.54, 1.807) is 12.4 Å². The Morgan fingerprint density at radius 3 is 1.47 bits per heavy atom. The van der Waals surface area contributed by atoms with Crippen molar-refractivity contribution in [3.05, 3.63) is 108 Å². The van der Waals surface area contributed by atoms with Gasteiger partial charge in [-0.3, -0.25) is 0 Å². The summed E-state index contributed by atoms with van der Waals surface area (Å²) in [5, 5.41) is 16.8. The zero-order valence-corrected chi connectivity index (χ0v) is 16.3. The Morgan fingerprint density at radius 2 is 1.00 bits per heavy atom. The molecule has 0 unspecified atom stereocenters. The predicted molar refractivity (Wildman–Crippen MR) is 116 cm³/mol. The highest BCUT2D eigenvalue weighted by molar-refractivity contribution is 5.58. The van der Waals surface area contributed by atoms with Gasteiger partial charge in [0.2, 0.25) is 0 Å². The fourth-order valence-corrected chi connectivity index (χ4v) is 3.59. The second-order valence-electron chi connectivity index (χ2n) is 7.11. The molecule has 0 atom stereocenters. The Morgan fingerprint density at radius 1 is 0.533 bits per heavy atom. The van der Waals surface area contributed by atoms with Gasteiger partial charge in [0.1, 0.15) is 0 Å². The van der Waals surface area contributed by atoms with Gasteiger partial charge in [0.05, 0.1) is 36.9 Å². The van der Waals surface area contributed by atoms with E-state index in [1.807, 2.05) is 45.8 Å². The lowest BCUT2D eigenvalue weighted by atomic mass is 10.1. The lowest BCUT2D eigenvalue weighted by Crippen LogP contribution is -2.07. The third-order valence-electron chi connectivity index (χ3n) is 5.03. The Labute approximate surface area is 174 Å². The standard InChI is InChI=1S/C24H20N6/c1-3-10-21(11-4-1)23-15-25-27-29(23)17-19-8-7-9-20(14-19)18-30-24(16-26-28-30)22-12-5-2-6-13-22/h1-16H,17-18H2. The molecule has 0 saturated heterocycles. The molecular weight excluding hydrogens is 372 g/mol. The predicted octanol–water partition coefficient (Wildman–Crippen LogP) is 4.30. The van der Waals surface area contributed by atoms with Crippen LogP contribution in [0.1, 0.15) is 11.1 Å². The lowest BCUT2D eigenvalue weighted by molar-refractivity contribution is 0.645. The molecule has 0 saturated carbocycles. The van der Waals surface area contributed by atoms with E-state index in [0.29, 0.717) is 13.1 Å². The number of rotatable bonds is 6. The second-order valence-corrected chi connectivity index (χ2v) is 7.11. The van der Waals surface area contributed by atoms with Crippen molar-refractivity contribution < 1.29 is 0 Å². The summed E-state index contributed by atoms with van der Waals surface area (Å²) >= 11 is 0. The molecule has 5 aromatic rings. The first-order chi connectivity index (χ1) is 14.9. The van der Waals surface area contributed by atoms with Gasteiger partial charge < -0.3 is 0 Å². The molecule has 0 spiro atoms. The van der Waals surface area contributed by atoms with Crippen molar-refractivity contribution in [2.45, 2.75) is 13.1 Å². The van der Waals surface area contributed by atoms with Gasteiger partial charge in [-0.2, -0.15) is 0 Å². The van der Waals surface area contributed by atoms with E-state index in [2.05, 4.69) is 69.2 Å². The Bertz CT molecular complexity index is 1150. The maximum absolute atomic E-state index is 4.29. The Balaban J connectivity index is 1.38. The molecule has 0 bridgehead atoms. The molecule has 0 radical (unpaired) electrons. The molecular formula is C24H20N6. The van der Waals surface area contributed by atoms with E-state index >= 15 is 0 Å². The van der Waals surface area contributed by atoms with Crippen molar-refractivity contribution in [3.8, 4) is 22.5 Å². The SMILES string of the molecule is c1ccc(-c2cnnn2Cc2cccc(Cn3nncc3-c3ccccc3)c2)cc1. The molecule has 30 heavy (non-hydrogen) atoms. The van der Waals surface area contributed by atoms with Gasteiger partial charge in [-0.15, -0.1) is 10.2 Å². The molecule has 5 rings (SSSR count). The fraction of sp³-hybridized carbons (Fsp3) is 0.0833. The van der Waals surface area contributed by atoms with Crippen molar-refractivity contribution in [2.75, 3.05) is 0 Å². The highest BCUT2D eigenvalue weighted by Crippen LogP contribution is 2.20. The maximum Gasteiger partial charge on any atom is 0.0889 e. The van der Waals surface area contributed by atoms with Crippen LogP contribution in [0.3, 0.4) is 0 Å². The van der Waals surface area contributed by atoms with Crippen molar-refractivity contribution in [1.82, 2.24) is 30.0 Å². The summed E-state index contributed by atoms with van der Waals surface area (Å²) in [5.74, 6) is 0. The molecule has 0 aliphatic rings. The van der Waals surface area contributed by atoms with Crippen molar-refractivity contribution in [1.29, 1.82) is 0 Å². The van der Waals surface area contributed by atoms with Gasteiger partial charge >= 0.3 is 0 Å². The number of nitrogens with zero attached hydrogens (tertiary/aromatic N) is 6. The highest BCUT2D eigenvalue weighted by atomic mass is 15.4. The quantitative estimate of drug-likeness (QED) is 0.432. The third-order valence-corrected chi connectivity index (χ3v) is 5.03. The fourth-order valence-electron chi connectivity index (χ4n) is 3.59. The van der Waals surface area contributed by atoms with Crippen LogP contribution in [-0.2, 0) is 13.1 Å². The van der Waals surface area contributed by atoms with Gasteiger partial charge in [0, 0.05) is 11.1 Å². The van der Waals surface area contributed by atoms with E-state index in [1.165, 1.54) is 0 Å².